The molecule has 0 atom stereocenters. The molecule has 2 N–H and O–H groups in total. The van der Waals surface area contributed by atoms with Gasteiger partial charge in [-0.3, -0.25) is 4.90 Å². The van der Waals surface area contributed by atoms with Crippen LogP contribution >= 0.6 is 0 Å². The average molecular weight is 332 g/mol. The van der Waals surface area contributed by atoms with Crippen LogP contribution in [-0.4, -0.2) is 27.5 Å². The molecule has 1 aliphatic heterocycles. The molecule has 0 fully saturated rings. The van der Waals surface area contributed by atoms with E-state index in [2.05, 4.69) is 44.8 Å². The number of nitrogens with two attached hydrogens (primary N) is 1. The zero-order valence-corrected chi connectivity index (χ0v) is 14.4. The molecule has 0 saturated heterocycles. The van der Waals surface area contributed by atoms with Crippen molar-refractivity contribution in [2.45, 2.75) is 25.9 Å². The lowest BCUT2D eigenvalue weighted by Crippen LogP contribution is -2.32. The Labute approximate surface area is 148 Å². The highest BCUT2D eigenvalue weighted by atomic mass is 15.1. The van der Waals surface area contributed by atoms with E-state index in [0.717, 1.165) is 44.7 Å². The number of fused-ring (bicyclic) bond motifs is 1. The summed E-state index contributed by atoms with van der Waals surface area (Å²) < 4.78 is 2.11. The molecule has 0 spiro atoms. The van der Waals surface area contributed by atoms with Crippen LogP contribution in [0.3, 0.4) is 0 Å². The van der Waals surface area contributed by atoms with Crippen molar-refractivity contribution in [1.29, 1.82) is 0 Å². The van der Waals surface area contributed by atoms with E-state index in [-0.39, 0.29) is 0 Å². The summed E-state index contributed by atoms with van der Waals surface area (Å²) in [7, 11) is 0. The Morgan fingerprint density at radius 3 is 2.64 bits per heavy atom. The highest BCUT2D eigenvalue weighted by molar-refractivity contribution is 5.39. The highest BCUT2D eigenvalue weighted by Crippen LogP contribution is 2.21. The van der Waals surface area contributed by atoms with E-state index in [1.807, 2.05) is 30.9 Å². The predicted molar refractivity (Wildman–Crippen MR) is 101 cm³/mol. The van der Waals surface area contributed by atoms with E-state index in [1.54, 1.807) is 0 Å². The molecule has 0 radical (unpaired) electrons. The molecule has 2 aromatic carbocycles. The summed E-state index contributed by atoms with van der Waals surface area (Å²) in [6.45, 7) is 4.18. The predicted octanol–water partition coefficient (Wildman–Crippen LogP) is 3.11. The van der Waals surface area contributed by atoms with Crippen molar-refractivity contribution in [1.82, 2.24) is 14.5 Å². The molecule has 0 aliphatic carbocycles. The Kier molecular flexibility index (Phi) is 4.53. The molecule has 2 heterocycles. The number of anilines is 1. The monoisotopic (exact) mass is 332 g/mol. The maximum Gasteiger partial charge on any atom is 0.0949 e. The molecule has 4 nitrogen and oxygen atoms in total. The third-order valence-electron chi connectivity index (χ3n) is 4.98. The fourth-order valence-electron chi connectivity index (χ4n) is 3.52. The number of aromatic nitrogens is 2. The molecule has 0 amide bonds. The standard InChI is InChI=1S/C21H24N4/c22-21-5-2-17(3-6-21)7-10-24-11-8-19-13-18(1-4-20(19)15-24)14-25-12-9-23-16-25/h1-6,9,12-13,16H,7-8,10-11,14-15,22H2. The number of benzene rings is 2. The third-order valence-corrected chi connectivity index (χ3v) is 4.98. The van der Waals surface area contributed by atoms with Gasteiger partial charge < -0.3 is 10.3 Å². The molecule has 128 valence electrons. The summed E-state index contributed by atoms with van der Waals surface area (Å²) >= 11 is 0. The van der Waals surface area contributed by atoms with Crippen molar-refractivity contribution in [3.63, 3.8) is 0 Å². The maximum absolute atomic E-state index is 5.76. The van der Waals surface area contributed by atoms with E-state index in [9.17, 15) is 0 Å². The van der Waals surface area contributed by atoms with Gasteiger partial charge in [0.25, 0.3) is 0 Å². The SMILES string of the molecule is Nc1ccc(CCN2CCc3cc(Cn4ccnc4)ccc3C2)cc1. The van der Waals surface area contributed by atoms with Crippen LogP contribution in [0.2, 0.25) is 0 Å². The smallest absolute Gasteiger partial charge is 0.0949 e. The maximum atomic E-state index is 5.76. The fraction of sp³-hybridized carbons (Fsp3) is 0.286. The Balaban J connectivity index is 1.37. The Morgan fingerprint density at radius 1 is 1.00 bits per heavy atom. The van der Waals surface area contributed by atoms with Gasteiger partial charge in [0.2, 0.25) is 0 Å². The number of hydrogen-bond donors (Lipinski definition) is 1. The lowest BCUT2D eigenvalue weighted by Gasteiger charge is -2.29. The quantitative estimate of drug-likeness (QED) is 0.730. The fourth-order valence-corrected chi connectivity index (χ4v) is 3.52. The van der Waals surface area contributed by atoms with Crippen LogP contribution in [0.15, 0.2) is 61.2 Å². The molecular weight excluding hydrogens is 308 g/mol. The topological polar surface area (TPSA) is 47.1 Å². The molecule has 0 saturated carbocycles. The zero-order valence-electron chi connectivity index (χ0n) is 14.4. The van der Waals surface area contributed by atoms with Crippen molar-refractivity contribution < 1.29 is 0 Å². The first-order valence-corrected chi connectivity index (χ1v) is 8.89. The summed E-state index contributed by atoms with van der Waals surface area (Å²) in [6, 6.07) is 15.2. The molecule has 0 unspecified atom stereocenters. The van der Waals surface area contributed by atoms with Crippen molar-refractivity contribution in [3.05, 3.63) is 83.4 Å². The molecule has 4 heteroatoms. The van der Waals surface area contributed by atoms with Gasteiger partial charge in [-0.15, -0.1) is 0 Å². The van der Waals surface area contributed by atoms with Crippen molar-refractivity contribution >= 4 is 5.69 Å². The van der Waals surface area contributed by atoms with Crippen molar-refractivity contribution in [2.75, 3.05) is 18.8 Å². The lowest BCUT2D eigenvalue weighted by molar-refractivity contribution is 0.257. The molecule has 1 aliphatic rings. The van der Waals surface area contributed by atoms with Crippen molar-refractivity contribution in [3.8, 4) is 0 Å². The summed E-state index contributed by atoms with van der Waals surface area (Å²) in [4.78, 5) is 6.67. The Hall–Kier alpha value is -2.59. The first-order chi connectivity index (χ1) is 12.3. The van der Waals surface area contributed by atoms with Crippen LogP contribution in [-0.2, 0) is 25.9 Å². The molecular formula is C21H24N4. The molecule has 1 aromatic heterocycles. The number of nitrogen functional groups attached to an aromatic ring is 1. The molecule has 0 bridgehead atoms. The summed E-state index contributed by atoms with van der Waals surface area (Å²) in [5.74, 6) is 0. The van der Waals surface area contributed by atoms with Gasteiger partial charge in [0.15, 0.2) is 0 Å². The zero-order chi connectivity index (χ0) is 17.1. The normalized spacial score (nSPS) is 14.4. The van der Waals surface area contributed by atoms with Crippen LogP contribution in [0.25, 0.3) is 0 Å². The van der Waals surface area contributed by atoms with Gasteiger partial charge in [-0.05, 0) is 47.2 Å². The van der Waals surface area contributed by atoms with E-state index >= 15 is 0 Å². The Morgan fingerprint density at radius 2 is 1.84 bits per heavy atom. The first kappa shape index (κ1) is 15.9. The highest BCUT2D eigenvalue weighted by Gasteiger charge is 2.16. The van der Waals surface area contributed by atoms with Gasteiger partial charge in [0.05, 0.1) is 6.33 Å². The summed E-state index contributed by atoms with van der Waals surface area (Å²) in [6.07, 6.45) is 7.93. The van der Waals surface area contributed by atoms with E-state index in [4.69, 9.17) is 5.73 Å². The third kappa shape index (κ3) is 3.91. The van der Waals surface area contributed by atoms with Gasteiger partial charge in [-0.2, -0.15) is 0 Å². The van der Waals surface area contributed by atoms with Crippen LogP contribution < -0.4 is 5.73 Å². The number of rotatable bonds is 5. The number of hydrogen-bond acceptors (Lipinski definition) is 3. The van der Waals surface area contributed by atoms with E-state index < -0.39 is 0 Å². The van der Waals surface area contributed by atoms with E-state index in [1.165, 1.54) is 22.3 Å². The van der Waals surface area contributed by atoms with Crippen molar-refractivity contribution in [2.24, 2.45) is 0 Å². The van der Waals surface area contributed by atoms with E-state index in [0.29, 0.717) is 0 Å². The van der Waals surface area contributed by atoms with Gasteiger partial charge in [0, 0.05) is 44.3 Å². The Bertz CT molecular complexity index is 822. The second-order valence-electron chi connectivity index (χ2n) is 6.86. The van der Waals surface area contributed by atoms with Gasteiger partial charge in [-0.1, -0.05) is 30.3 Å². The van der Waals surface area contributed by atoms with Gasteiger partial charge in [-0.25, -0.2) is 4.98 Å². The summed E-state index contributed by atoms with van der Waals surface area (Å²) in [5, 5.41) is 0. The molecule has 25 heavy (non-hydrogen) atoms. The number of nitrogens with zero attached hydrogens (tertiary/aromatic N) is 3. The van der Waals surface area contributed by atoms with Gasteiger partial charge >= 0.3 is 0 Å². The minimum Gasteiger partial charge on any atom is -0.399 e. The molecule has 3 aromatic rings. The second kappa shape index (κ2) is 7.11. The largest absolute Gasteiger partial charge is 0.399 e. The second-order valence-corrected chi connectivity index (χ2v) is 6.86. The van der Waals surface area contributed by atoms with Crippen LogP contribution in [0, 0.1) is 0 Å². The molecule has 4 rings (SSSR count). The average Bonchev–Trinajstić information content (AvgIpc) is 3.14. The van der Waals surface area contributed by atoms with Gasteiger partial charge in [0.1, 0.15) is 0 Å². The van der Waals surface area contributed by atoms with Crippen LogP contribution in [0.5, 0.6) is 0 Å². The minimum absolute atomic E-state index is 0.835. The minimum atomic E-state index is 0.835. The van der Waals surface area contributed by atoms with Crippen LogP contribution in [0.1, 0.15) is 22.3 Å². The van der Waals surface area contributed by atoms with Crippen LogP contribution in [0.4, 0.5) is 5.69 Å². The summed E-state index contributed by atoms with van der Waals surface area (Å²) in [5.41, 5.74) is 12.3. The number of imidazole rings is 1. The first-order valence-electron chi connectivity index (χ1n) is 8.89. The lowest BCUT2D eigenvalue weighted by atomic mass is 9.97.